The first-order valence-corrected chi connectivity index (χ1v) is 13.0. The third-order valence-corrected chi connectivity index (χ3v) is 7.18. The minimum atomic E-state index is -0.273. The zero-order valence-electron chi connectivity index (χ0n) is 21.5. The molecule has 2 aliphatic heterocycles. The number of rotatable bonds is 7. The van der Waals surface area contributed by atoms with Crippen molar-refractivity contribution in [1.82, 2.24) is 4.90 Å². The molecule has 37 heavy (non-hydrogen) atoms. The Morgan fingerprint density at radius 3 is 2.41 bits per heavy atom. The van der Waals surface area contributed by atoms with Gasteiger partial charge in [0.25, 0.3) is 0 Å². The van der Waals surface area contributed by atoms with Gasteiger partial charge in [-0.05, 0) is 69.2 Å². The number of cyclic esters (lactones) is 1. The second-order valence-electron chi connectivity index (χ2n) is 9.74. The molecule has 5 rings (SSSR count). The molecular weight excluding hydrogens is 464 g/mol. The maximum atomic E-state index is 12.8. The zero-order chi connectivity index (χ0) is 25.8. The van der Waals surface area contributed by atoms with Gasteiger partial charge in [-0.1, -0.05) is 35.9 Å². The Bertz CT molecular complexity index is 1240. The van der Waals surface area contributed by atoms with Gasteiger partial charge in [0.15, 0.2) is 0 Å². The summed E-state index contributed by atoms with van der Waals surface area (Å²) in [4.78, 5) is 31.5. The Morgan fingerprint density at radius 1 is 1.00 bits per heavy atom. The van der Waals surface area contributed by atoms with Crippen molar-refractivity contribution in [2.24, 2.45) is 0 Å². The number of hydrogen-bond donors (Lipinski definition) is 1. The molecule has 0 radical (unpaired) electrons. The molecule has 0 unspecified atom stereocenters. The van der Waals surface area contributed by atoms with E-state index in [-0.39, 0.29) is 18.0 Å². The minimum absolute atomic E-state index is 0.0280. The smallest absolute Gasteiger partial charge is 0.414 e. The Balaban J connectivity index is 1.14. The lowest BCUT2D eigenvalue weighted by Gasteiger charge is -2.40. The van der Waals surface area contributed by atoms with Crippen LogP contribution in [0.25, 0.3) is 0 Å². The summed E-state index contributed by atoms with van der Waals surface area (Å²) in [6.07, 6.45) is 1.33. The van der Waals surface area contributed by atoms with Gasteiger partial charge < -0.3 is 15.0 Å². The summed E-state index contributed by atoms with van der Waals surface area (Å²) >= 11 is 0. The molecule has 192 valence electrons. The van der Waals surface area contributed by atoms with Crippen LogP contribution in [-0.4, -0.2) is 49.1 Å². The summed E-state index contributed by atoms with van der Waals surface area (Å²) in [5.41, 5.74) is 6.18. The normalized spacial score (nSPS) is 16.2. The van der Waals surface area contributed by atoms with Gasteiger partial charge in [-0.3, -0.25) is 14.6 Å². The molecule has 7 nitrogen and oxygen atoms in total. The number of fused-ring (bicyclic) bond motifs is 1. The van der Waals surface area contributed by atoms with Crippen LogP contribution < -0.4 is 15.1 Å². The Labute approximate surface area is 218 Å². The quantitative estimate of drug-likeness (QED) is 0.452. The van der Waals surface area contributed by atoms with Crippen molar-refractivity contribution < 1.29 is 14.3 Å². The summed E-state index contributed by atoms with van der Waals surface area (Å²) in [7, 11) is 0. The van der Waals surface area contributed by atoms with Gasteiger partial charge in [-0.15, -0.1) is 0 Å². The summed E-state index contributed by atoms with van der Waals surface area (Å²) in [5.74, 6) is -0.0280. The first-order chi connectivity index (χ1) is 18.0. The summed E-state index contributed by atoms with van der Waals surface area (Å²) in [5, 5.41) is 3.03. The monoisotopic (exact) mass is 498 g/mol. The number of anilines is 4. The summed E-state index contributed by atoms with van der Waals surface area (Å²) in [6.45, 7) is 7.19. The van der Waals surface area contributed by atoms with Gasteiger partial charge in [0.1, 0.15) is 6.61 Å². The van der Waals surface area contributed by atoms with Crippen molar-refractivity contribution in [3.05, 3.63) is 83.9 Å². The maximum Gasteiger partial charge on any atom is 0.414 e. The number of aryl methyl sites for hydroxylation is 1. The van der Waals surface area contributed by atoms with Gasteiger partial charge in [0.2, 0.25) is 5.91 Å². The molecule has 1 saturated heterocycles. The topological polar surface area (TPSA) is 65.1 Å². The number of amides is 2. The van der Waals surface area contributed by atoms with Crippen LogP contribution in [-0.2, 0) is 16.1 Å². The van der Waals surface area contributed by atoms with E-state index in [1.54, 1.807) is 0 Å². The number of ether oxygens (including phenoxy) is 1. The second kappa shape index (κ2) is 11.0. The highest BCUT2D eigenvalue weighted by atomic mass is 16.6. The molecule has 1 fully saturated rings. The van der Waals surface area contributed by atoms with Crippen molar-refractivity contribution in [2.45, 2.75) is 39.3 Å². The van der Waals surface area contributed by atoms with E-state index in [4.69, 9.17) is 4.74 Å². The number of nitrogens with zero attached hydrogens (tertiary/aromatic N) is 3. The van der Waals surface area contributed by atoms with E-state index in [1.807, 2.05) is 66.4 Å². The summed E-state index contributed by atoms with van der Waals surface area (Å²) in [6, 6.07) is 24.5. The number of piperidine rings is 1. The van der Waals surface area contributed by atoms with E-state index in [1.165, 1.54) is 0 Å². The van der Waals surface area contributed by atoms with Crippen LogP contribution in [0.3, 0.4) is 0 Å². The second-order valence-corrected chi connectivity index (χ2v) is 9.74. The largest absolute Gasteiger partial charge is 0.444 e. The van der Waals surface area contributed by atoms with E-state index >= 15 is 0 Å². The van der Waals surface area contributed by atoms with Crippen molar-refractivity contribution in [1.29, 1.82) is 0 Å². The predicted octanol–water partition coefficient (Wildman–Crippen LogP) is 5.71. The minimum Gasteiger partial charge on any atom is -0.444 e. The zero-order valence-corrected chi connectivity index (χ0v) is 21.5. The van der Waals surface area contributed by atoms with Crippen LogP contribution in [0.2, 0.25) is 0 Å². The number of benzene rings is 3. The molecule has 2 amide bonds. The fraction of sp³-hybridized carbons (Fsp3) is 0.333. The predicted molar refractivity (Wildman–Crippen MR) is 147 cm³/mol. The molecule has 2 aliphatic rings. The number of hydrogen-bond acceptors (Lipinski definition) is 5. The molecule has 0 aromatic heterocycles. The molecule has 0 spiro atoms. The van der Waals surface area contributed by atoms with Crippen LogP contribution in [0, 0.1) is 6.92 Å². The molecule has 0 saturated carbocycles. The number of para-hydroxylation sites is 1. The van der Waals surface area contributed by atoms with E-state index < -0.39 is 0 Å². The van der Waals surface area contributed by atoms with Crippen LogP contribution in [0.15, 0.2) is 72.8 Å². The van der Waals surface area contributed by atoms with Crippen LogP contribution in [0.1, 0.15) is 30.9 Å². The number of nitrogens with one attached hydrogen (secondary N) is 1. The molecule has 0 aliphatic carbocycles. The molecule has 0 bridgehead atoms. The number of carbonyl (C=O) groups excluding carboxylic acids is 2. The Kier molecular flexibility index (Phi) is 7.42. The van der Waals surface area contributed by atoms with Crippen LogP contribution in [0.4, 0.5) is 27.5 Å². The molecule has 0 atom stereocenters. The highest BCUT2D eigenvalue weighted by Crippen LogP contribution is 2.32. The molecule has 3 aromatic carbocycles. The average molecular weight is 499 g/mol. The van der Waals surface area contributed by atoms with Gasteiger partial charge in [0, 0.05) is 48.3 Å². The first-order valence-electron chi connectivity index (χ1n) is 13.0. The van der Waals surface area contributed by atoms with Crippen LogP contribution in [0.5, 0.6) is 0 Å². The lowest BCUT2D eigenvalue weighted by molar-refractivity contribution is -0.117. The average Bonchev–Trinajstić information content (AvgIpc) is 2.91. The van der Waals surface area contributed by atoms with E-state index in [0.717, 1.165) is 66.4 Å². The first kappa shape index (κ1) is 24.8. The van der Waals surface area contributed by atoms with Crippen molar-refractivity contribution in [3.63, 3.8) is 0 Å². The fourth-order valence-corrected chi connectivity index (χ4v) is 5.30. The summed E-state index contributed by atoms with van der Waals surface area (Å²) < 4.78 is 5.44. The van der Waals surface area contributed by atoms with E-state index in [9.17, 15) is 9.59 Å². The van der Waals surface area contributed by atoms with Crippen molar-refractivity contribution in [2.75, 3.05) is 41.3 Å². The van der Waals surface area contributed by atoms with Crippen LogP contribution >= 0.6 is 0 Å². The van der Waals surface area contributed by atoms with E-state index in [2.05, 4.69) is 40.2 Å². The van der Waals surface area contributed by atoms with Gasteiger partial charge in [-0.25, -0.2) is 4.79 Å². The highest BCUT2D eigenvalue weighted by molar-refractivity contribution is 5.93. The molecular formula is C30H34N4O3. The van der Waals surface area contributed by atoms with Gasteiger partial charge in [-0.2, -0.15) is 0 Å². The van der Waals surface area contributed by atoms with Gasteiger partial charge >= 0.3 is 6.09 Å². The Hall–Kier alpha value is -3.84. The standard InChI is InChI=1S/C30H34N4O3/c1-3-33(25-7-5-4-6-8-25)26-12-10-24(11-13-26)31-29(35)20-32-17-15-27(16-18-32)34-28-14-9-22(2)19-23(28)21-37-30(34)36/h4-14,19,27H,3,15-18,20-21H2,1-2H3,(H,31,35). The van der Waals surface area contributed by atoms with Crippen molar-refractivity contribution >= 4 is 34.7 Å². The lowest BCUT2D eigenvalue weighted by Crippen LogP contribution is -2.50. The SMILES string of the molecule is CCN(c1ccccc1)c1ccc(NC(=O)CN2CCC(N3C(=O)OCc4cc(C)ccc43)CC2)cc1. The fourth-order valence-electron chi connectivity index (χ4n) is 5.30. The molecule has 7 heteroatoms. The molecule has 1 N–H and O–H groups in total. The number of carbonyl (C=O) groups is 2. The number of likely N-dealkylation sites (tertiary alicyclic amines) is 1. The van der Waals surface area contributed by atoms with Crippen molar-refractivity contribution in [3.8, 4) is 0 Å². The third kappa shape index (κ3) is 5.62. The molecule has 2 heterocycles. The van der Waals surface area contributed by atoms with Gasteiger partial charge in [0.05, 0.1) is 12.2 Å². The maximum absolute atomic E-state index is 12.8. The van der Waals surface area contributed by atoms with E-state index in [0.29, 0.717) is 13.2 Å². The Morgan fingerprint density at radius 2 is 1.70 bits per heavy atom. The third-order valence-electron chi connectivity index (χ3n) is 7.18. The molecule has 3 aromatic rings. The highest BCUT2D eigenvalue weighted by Gasteiger charge is 2.34. The lowest BCUT2D eigenvalue weighted by atomic mass is 10.00.